The monoisotopic (exact) mass is 492 g/mol. The first-order valence-electron chi connectivity index (χ1n) is 11.0. The Morgan fingerprint density at radius 3 is 2.71 bits per heavy atom. The zero-order valence-corrected chi connectivity index (χ0v) is 19.8. The Morgan fingerprint density at radius 2 is 2.09 bits per heavy atom. The number of carbonyl (C=O) groups is 2. The largest absolute Gasteiger partial charge is 0.467 e. The molecular formula is C21H28N6O8. The second-order valence-electron chi connectivity index (χ2n) is 8.33. The van der Waals surface area contributed by atoms with Gasteiger partial charge in [-0.25, -0.2) is 24.0 Å². The highest BCUT2D eigenvalue weighted by atomic mass is 16.5. The topological polar surface area (TPSA) is 171 Å². The first-order valence-corrected chi connectivity index (χ1v) is 11.0. The van der Waals surface area contributed by atoms with Crippen molar-refractivity contribution in [2.24, 2.45) is 7.05 Å². The van der Waals surface area contributed by atoms with Crippen LogP contribution in [0.3, 0.4) is 0 Å². The third-order valence-electron chi connectivity index (χ3n) is 6.27. The number of fused-ring (bicyclic) bond motifs is 2. The summed E-state index contributed by atoms with van der Waals surface area (Å²) in [6.45, 7) is 1.42. The zero-order chi connectivity index (χ0) is 25.4. The van der Waals surface area contributed by atoms with Gasteiger partial charge in [0.05, 0.1) is 44.6 Å². The standard InChI is InChI=1S/C21H28N6O8/c1-10-12(6-5-11(19(31)33-3)24-21(32)34-4)27-18(30)16-17(25(2)20(27)23-10)26(9-22-16)15-7-13(29)14(8-28)35-15/h9,11,13-15,28-29H,5-8H2,1-4H3,(H,24,32)/t11-,13-,14+,15+/m0/s1. The van der Waals surface area contributed by atoms with Gasteiger partial charge in [0.2, 0.25) is 5.78 Å². The average Bonchev–Trinajstić information content (AvgIpc) is 3.54. The van der Waals surface area contributed by atoms with Crippen LogP contribution in [0.25, 0.3) is 16.9 Å². The Balaban J connectivity index is 1.73. The number of ether oxygens (including phenoxy) is 3. The van der Waals surface area contributed by atoms with Crippen molar-refractivity contribution in [1.82, 2.24) is 28.8 Å². The van der Waals surface area contributed by atoms with Crippen LogP contribution in [0, 0.1) is 6.92 Å². The van der Waals surface area contributed by atoms with Gasteiger partial charge in [-0.3, -0.25) is 13.9 Å². The Hall–Kier alpha value is -3.49. The van der Waals surface area contributed by atoms with E-state index in [0.29, 0.717) is 22.8 Å². The minimum Gasteiger partial charge on any atom is -0.467 e. The SMILES string of the molecule is COC(=O)N[C@@H](CCc1c(C)nc2n(C)c3c(ncn3[C@H]3C[C@H](O)[C@@H](CO)O3)c(=O)n12)C(=O)OC. The molecule has 0 spiro atoms. The number of aliphatic hydroxyl groups excluding tert-OH is 2. The third kappa shape index (κ3) is 4.24. The van der Waals surface area contributed by atoms with E-state index in [1.54, 1.807) is 23.1 Å². The van der Waals surface area contributed by atoms with Crippen molar-refractivity contribution >= 4 is 29.0 Å². The van der Waals surface area contributed by atoms with E-state index >= 15 is 0 Å². The van der Waals surface area contributed by atoms with Crippen LogP contribution in [0.15, 0.2) is 11.1 Å². The highest BCUT2D eigenvalue weighted by Gasteiger charge is 2.36. The maximum Gasteiger partial charge on any atom is 0.407 e. The molecule has 0 radical (unpaired) electrons. The quantitative estimate of drug-likeness (QED) is 0.353. The molecule has 35 heavy (non-hydrogen) atoms. The van der Waals surface area contributed by atoms with Crippen LogP contribution < -0.4 is 10.9 Å². The number of alkyl carbamates (subject to hydrolysis) is 1. The molecule has 1 aliphatic rings. The molecule has 1 fully saturated rings. The number of methoxy groups -OCH3 is 2. The van der Waals surface area contributed by atoms with Crippen molar-refractivity contribution in [3.05, 3.63) is 28.1 Å². The Labute approximate surface area is 199 Å². The van der Waals surface area contributed by atoms with Crippen molar-refractivity contribution in [2.45, 2.75) is 50.7 Å². The summed E-state index contributed by atoms with van der Waals surface area (Å²) in [5.41, 5.74) is 1.35. The number of hydrogen-bond acceptors (Lipinski definition) is 10. The molecule has 3 N–H and O–H groups in total. The van der Waals surface area contributed by atoms with Gasteiger partial charge in [-0.05, 0) is 19.8 Å². The lowest BCUT2D eigenvalue weighted by atomic mass is 10.1. The van der Waals surface area contributed by atoms with Gasteiger partial charge in [0.1, 0.15) is 18.4 Å². The van der Waals surface area contributed by atoms with Crippen molar-refractivity contribution in [3.63, 3.8) is 0 Å². The first kappa shape index (κ1) is 24.6. The highest BCUT2D eigenvalue weighted by Crippen LogP contribution is 2.31. The average molecular weight is 492 g/mol. The van der Waals surface area contributed by atoms with Crippen LogP contribution in [-0.4, -0.2) is 84.9 Å². The molecular weight excluding hydrogens is 464 g/mol. The van der Waals surface area contributed by atoms with Crippen molar-refractivity contribution in [1.29, 1.82) is 0 Å². The minimum atomic E-state index is -0.977. The fraction of sp³-hybridized carbons (Fsp3) is 0.571. The molecule has 0 unspecified atom stereocenters. The third-order valence-corrected chi connectivity index (χ3v) is 6.27. The van der Waals surface area contributed by atoms with E-state index in [2.05, 4.69) is 20.0 Å². The van der Waals surface area contributed by atoms with Crippen LogP contribution >= 0.6 is 0 Å². The molecule has 4 atom stereocenters. The lowest BCUT2D eigenvalue weighted by molar-refractivity contribution is -0.143. The predicted octanol–water partition coefficient (Wildman–Crippen LogP) is -0.838. The summed E-state index contributed by atoms with van der Waals surface area (Å²) >= 11 is 0. The Kier molecular flexibility index (Phi) is 6.78. The van der Waals surface area contributed by atoms with Crippen LogP contribution in [0.4, 0.5) is 4.79 Å². The zero-order valence-electron chi connectivity index (χ0n) is 19.8. The van der Waals surface area contributed by atoms with Gasteiger partial charge < -0.3 is 29.7 Å². The lowest BCUT2D eigenvalue weighted by Gasteiger charge is -2.16. The molecule has 1 aliphatic heterocycles. The molecule has 0 saturated carbocycles. The van der Waals surface area contributed by atoms with Gasteiger partial charge in [0.25, 0.3) is 5.56 Å². The molecule has 1 amide bonds. The second kappa shape index (κ2) is 9.64. The molecule has 0 aliphatic carbocycles. The predicted molar refractivity (Wildman–Crippen MR) is 120 cm³/mol. The fourth-order valence-corrected chi connectivity index (χ4v) is 4.45. The number of hydrogen-bond donors (Lipinski definition) is 3. The van der Waals surface area contributed by atoms with Gasteiger partial charge in [0.15, 0.2) is 11.2 Å². The van der Waals surface area contributed by atoms with E-state index in [0.717, 1.165) is 0 Å². The van der Waals surface area contributed by atoms with Crippen molar-refractivity contribution < 1.29 is 34.0 Å². The van der Waals surface area contributed by atoms with E-state index < -0.39 is 42.1 Å². The number of carbonyl (C=O) groups excluding carboxylic acids is 2. The summed E-state index contributed by atoms with van der Waals surface area (Å²) in [6.07, 6.45) is -0.886. The summed E-state index contributed by atoms with van der Waals surface area (Å²) in [6, 6.07) is -0.977. The van der Waals surface area contributed by atoms with Crippen LogP contribution in [0.2, 0.25) is 0 Å². The van der Waals surface area contributed by atoms with E-state index in [1.807, 2.05) is 0 Å². The molecule has 0 bridgehead atoms. The van der Waals surface area contributed by atoms with Crippen LogP contribution in [0.5, 0.6) is 0 Å². The highest BCUT2D eigenvalue weighted by molar-refractivity contribution is 5.81. The molecule has 3 aromatic heterocycles. The van der Waals surface area contributed by atoms with Gasteiger partial charge in [-0.1, -0.05) is 0 Å². The fourth-order valence-electron chi connectivity index (χ4n) is 4.45. The van der Waals surface area contributed by atoms with Gasteiger partial charge >= 0.3 is 12.1 Å². The van der Waals surface area contributed by atoms with E-state index in [1.165, 1.54) is 24.9 Å². The van der Waals surface area contributed by atoms with E-state index in [4.69, 9.17) is 9.47 Å². The van der Waals surface area contributed by atoms with Gasteiger partial charge in [-0.15, -0.1) is 0 Å². The summed E-state index contributed by atoms with van der Waals surface area (Å²) < 4.78 is 19.9. The van der Waals surface area contributed by atoms with E-state index in [9.17, 15) is 24.6 Å². The summed E-state index contributed by atoms with van der Waals surface area (Å²) in [5, 5.41) is 22.0. The van der Waals surface area contributed by atoms with Gasteiger partial charge in [0, 0.05) is 13.5 Å². The number of aromatic nitrogens is 5. The minimum absolute atomic E-state index is 0.141. The number of aryl methyl sites for hydroxylation is 3. The van der Waals surface area contributed by atoms with Crippen LogP contribution in [-0.2, 0) is 32.5 Å². The normalized spacial score (nSPS) is 20.9. The molecule has 4 heterocycles. The van der Waals surface area contributed by atoms with Gasteiger partial charge in [-0.2, -0.15) is 0 Å². The number of imidazole rings is 2. The molecule has 0 aromatic carbocycles. The van der Waals surface area contributed by atoms with E-state index in [-0.39, 0.29) is 31.4 Å². The Morgan fingerprint density at radius 1 is 1.34 bits per heavy atom. The summed E-state index contributed by atoms with van der Waals surface area (Å²) in [4.78, 5) is 46.1. The maximum atomic E-state index is 13.5. The first-order chi connectivity index (χ1) is 16.7. The maximum absolute atomic E-state index is 13.5. The van der Waals surface area contributed by atoms with Crippen molar-refractivity contribution in [2.75, 3.05) is 20.8 Å². The summed E-state index contributed by atoms with van der Waals surface area (Å²) in [7, 11) is 4.14. The number of nitrogens with one attached hydrogen (secondary N) is 1. The molecule has 3 aromatic rings. The smallest absolute Gasteiger partial charge is 0.407 e. The molecule has 1 saturated heterocycles. The second-order valence-corrected chi connectivity index (χ2v) is 8.33. The molecule has 190 valence electrons. The number of rotatable bonds is 7. The summed E-state index contributed by atoms with van der Waals surface area (Å²) in [5.74, 6) is -0.291. The lowest BCUT2D eigenvalue weighted by Crippen LogP contribution is -2.41. The van der Waals surface area contributed by atoms with Crippen LogP contribution in [0.1, 0.15) is 30.5 Å². The number of amides is 1. The number of aliphatic hydroxyl groups is 2. The molecule has 14 heteroatoms. The Bertz CT molecular complexity index is 1330. The number of nitrogens with zero attached hydrogens (tertiary/aromatic N) is 5. The molecule has 14 nitrogen and oxygen atoms in total. The van der Waals surface area contributed by atoms with Crippen molar-refractivity contribution in [3.8, 4) is 0 Å². The molecule has 4 rings (SSSR count). The number of esters is 1.